The second kappa shape index (κ2) is 7.05. The third-order valence-electron chi connectivity index (χ3n) is 4.16. The van der Waals surface area contributed by atoms with Crippen molar-refractivity contribution in [3.63, 3.8) is 0 Å². The zero-order valence-electron chi connectivity index (χ0n) is 14.1. The number of fused-ring (bicyclic) bond motifs is 1. The molecule has 1 amide bonds. The van der Waals surface area contributed by atoms with E-state index in [1.165, 1.54) is 34.8 Å². The smallest absolute Gasteiger partial charge is 0.265 e. The maximum Gasteiger partial charge on any atom is 0.265 e. The van der Waals surface area contributed by atoms with Gasteiger partial charge < -0.3 is 5.32 Å². The summed E-state index contributed by atoms with van der Waals surface area (Å²) in [4.78, 5) is 14.4. The number of aryl methyl sites for hydroxylation is 2. The Morgan fingerprint density at radius 3 is 2.84 bits per heavy atom. The molecule has 1 fully saturated rings. The molecule has 0 saturated carbocycles. The second-order valence-electron chi connectivity index (χ2n) is 6.05. The summed E-state index contributed by atoms with van der Waals surface area (Å²) >= 11 is 5.46. The lowest BCUT2D eigenvalue weighted by atomic mass is 10.2. The molecular weight excluding hydrogens is 370 g/mol. The van der Waals surface area contributed by atoms with E-state index < -0.39 is 0 Å². The lowest BCUT2D eigenvalue weighted by molar-refractivity contribution is 0.103. The fourth-order valence-electron chi connectivity index (χ4n) is 2.95. The first-order valence-electron chi connectivity index (χ1n) is 8.19. The Bertz CT molecular complexity index is 890. The van der Waals surface area contributed by atoms with Gasteiger partial charge in [-0.15, -0.1) is 34.9 Å². The van der Waals surface area contributed by atoms with E-state index in [0.29, 0.717) is 4.58 Å². The Hall–Kier alpha value is -1.44. The van der Waals surface area contributed by atoms with Crippen LogP contribution >= 0.6 is 34.9 Å². The molecule has 4 rings (SSSR count). The average Bonchev–Trinajstić information content (AvgIpc) is 3.18. The van der Waals surface area contributed by atoms with Crippen LogP contribution in [0.25, 0.3) is 10.2 Å². The zero-order valence-corrected chi connectivity index (χ0v) is 16.6. The number of carbonyl (C=O) groups is 1. The minimum atomic E-state index is -0.0540. The third-order valence-corrected chi connectivity index (χ3v) is 8.38. The van der Waals surface area contributed by atoms with Gasteiger partial charge in [-0.3, -0.25) is 9.48 Å². The van der Waals surface area contributed by atoms with Crippen molar-refractivity contribution in [2.75, 3.05) is 16.8 Å². The van der Waals surface area contributed by atoms with Crippen LogP contribution in [0, 0.1) is 6.92 Å². The highest BCUT2D eigenvalue weighted by Gasteiger charge is 2.18. The van der Waals surface area contributed by atoms with Gasteiger partial charge in [-0.25, -0.2) is 0 Å². The van der Waals surface area contributed by atoms with Gasteiger partial charge in [0.25, 0.3) is 5.91 Å². The summed E-state index contributed by atoms with van der Waals surface area (Å²) in [5.41, 5.74) is 3.10. The highest BCUT2D eigenvalue weighted by atomic mass is 32.2. The Labute approximate surface area is 159 Å². The first kappa shape index (κ1) is 17.0. The Morgan fingerprint density at radius 2 is 2.08 bits per heavy atom. The number of hydrogen-bond donors (Lipinski definition) is 1. The minimum absolute atomic E-state index is 0.0540. The molecule has 0 aliphatic carbocycles. The summed E-state index contributed by atoms with van der Waals surface area (Å²) in [5.74, 6) is 2.37. The monoisotopic (exact) mass is 389 g/mol. The van der Waals surface area contributed by atoms with E-state index in [4.69, 9.17) is 0 Å². The number of amides is 1. The van der Waals surface area contributed by atoms with Crippen molar-refractivity contribution < 1.29 is 4.79 Å². The molecule has 0 spiro atoms. The van der Waals surface area contributed by atoms with Crippen LogP contribution in [0.4, 0.5) is 5.69 Å². The molecule has 1 N–H and O–H groups in total. The van der Waals surface area contributed by atoms with Crippen LogP contribution < -0.4 is 5.32 Å². The van der Waals surface area contributed by atoms with Gasteiger partial charge in [0, 0.05) is 18.1 Å². The SMILES string of the molecule is Cc1nn(C)c2sc(C(=O)Nc3cccc(C4SCCCS4)c3)cc12. The van der Waals surface area contributed by atoms with Gasteiger partial charge in [-0.1, -0.05) is 12.1 Å². The van der Waals surface area contributed by atoms with Crippen molar-refractivity contribution >= 4 is 56.7 Å². The number of nitrogens with zero attached hydrogens (tertiary/aromatic N) is 2. The Morgan fingerprint density at radius 1 is 1.28 bits per heavy atom. The predicted molar refractivity (Wildman–Crippen MR) is 110 cm³/mol. The van der Waals surface area contributed by atoms with Crippen molar-refractivity contribution in [3.05, 3.63) is 46.5 Å². The maximum absolute atomic E-state index is 12.7. The van der Waals surface area contributed by atoms with Crippen molar-refractivity contribution in [1.82, 2.24) is 9.78 Å². The molecule has 2 aromatic heterocycles. The van der Waals surface area contributed by atoms with E-state index in [0.717, 1.165) is 26.5 Å². The first-order valence-corrected chi connectivity index (χ1v) is 11.1. The number of hydrogen-bond acceptors (Lipinski definition) is 5. The maximum atomic E-state index is 12.7. The van der Waals surface area contributed by atoms with Gasteiger partial charge in [0.05, 0.1) is 15.2 Å². The molecule has 1 aromatic carbocycles. The van der Waals surface area contributed by atoms with Crippen LogP contribution in [0.5, 0.6) is 0 Å². The van der Waals surface area contributed by atoms with E-state index in [2.05, 4.69) is 22.5 Å². The molecule has 3 heterocycles. The number of anilines is 1. The molecule has 1 saturated heterocycles. The predicted octanol–water partition coefficient (Wildman–Crippen LogP) is 5.06. The van der Waals surface area contributed by atoms with Gasteiger partial charge >= 0.3 is 0 Å². The fraction of sp³-hybridized carbons (Fsp3) is 0.333. The topological polar surface area (TPSA) is 46.9 Å². The highest BCUT2D eigenvalue weighted by molar-refractivity contribution is 8.16. The molecule has 7 heteroatoms. The molecule has 4 nitrogen and oxygen atoms in total. The van der Waals surface area contributed by atoms with Crippen LogP contribution in [-0.4, -0.2) is 27.2 Å². The van der Waals surface area contributed by atoms with Crippen LogP contribution in [-0.2, 0) is 7.05 Å². The quantitative estimate of drug-likeness (QED) is 0.680. The average molecular weight is 390 g/mol. The third kappa shape index (κ3) is 3.45. The van der Waals surface area contributed by atoms with Gasteiger partial charge in [-0.2, -0.15) is 5.10 Å². The minimum Gasteiger partial charge on any atom is -0.321 e. The molecule has 1 aliphatic rings. The molecule has 1 aliphatic heterocycles. The summed E-state index contributed by atoms with van der Waals surface area (Å²) in [6.45, 7) is 1.97. The zero-order chi connectivity index (χ0) is 17.4. The van der Waals surface area contributed by atoms with Gasteiger partial charge in [0.15, 0.2) is 0 Å². The largest absolute Gasteiger partial charge is 0.321 e. The summed E-state index contributed by atoms with van der Waals surface area (Å²) in [5, 5.41) is 8.50. The van der Waals surface area contributed by atoms with Crippen molar-refractivity contribution in [2.24, 2.45) is 7.05 Å². The Kier molecular flexibility index (Phi) is 4.80. The number of aromatic nitrogens is 2. The Balaban J connectivity index is 1.54. The number of thioether (sulfide) groups is 2. The van der Waals surface area contributed by atoms with E-state index in [-0.39, 0.29) is 5.91 Å². The standard InChI is InChI=1S/C18H19N3OS3/c1-11-14-10-15(25-17(14)21(2)20-11)16(22)19-13-6-3-5-12(9-13)18-23-7-4-8-24-18/h3,5-6,9-10,18H,4,7-8H2,1-2H3,(H,19,22). The van der Waals surface area contributed by atoms with Gasteiger partial charge in [-0.05, 0) is 48.6 Å². The summed E-state index contributed by atoms with van der Waals surface area (Å²) in [7, 11) is 1.91. The molecule has 25 heavy (non-hydrogen) atoms. The summed E-state index contributed by atoms with van der Waals surface area (Å²) in [6, 6.07) is 10.2. The van der Waals surface area contributed by atoms with E-state index in [1.54, 1.807) is 0 Å². The van der Waals surface area contributed by atoms with Crippen LogP contribution in [0.15, 0.2) is 30.3 Å². The van der Waals surface area contributed by atoms with Gasteiger partial charge in [0.1, 0.15) is 4.83 Å². The number of rotatable bonds is 3. The number of benzene rings is 1. The normalized spacial score (nSPS) is 15.6. The van der Waals surface area contributed by atoms with E-state index in [1.807, 2.05) is 60.4 Å². The lowest BCUT2D eigenvalue weighted by Crippen LogP contribution is -2.10. The molecule has 0 bridgehead atoms. The fourth-order valence-corrected chi connectivity index (χ4v) is 6.84. The molecule has 0 unspecified atom stereocenters. The number of nitrogens with one attached hydrogen (secondary N) is 1. The van der Waals surface area contributed by atoms with Crippen molar-refractivity contribution in [1.29, 1.82) is 0 Å². The number of carbonyl (C=O) groups excluding carboxylic acids is 1. The van der Waals surface area contributed by atoms with Crippen LogP contribution in [0.1, 0.15) is 31.9 Å². The van der Waals surface area contributed by atoms with E-state index in [9.17, 15) is 4.79 Å². The van der Waals surface area contributed by atoms with Crippen molar-refractivity contribution in [2.45, 2.75) is 17.9 Å². The summed E-state index contributed by atoms with van der Waals surface area (Å²) in [6.07, 6.45) is 1.28. The van der Waals surface area contributed by atoms with E-state index >= 15 is 0 Å². The lowest BCUT2D eigenvalue weighted by Gasteiger charge is -2.21. The second-order valence-corrected chi connectivity index (χ2v) is 9.80. The molecule has 0 atom stereocenters. The molecule has 130 valence electrons. The number of thiophene rings is 1. The molecule has 3 aromatic rings. The van der Waals surface area contributed by atoms with Crippen molar-refractivity contribution in [3.8, 4) is 0 Å². The van der Waals surface area contributed by atoms with Crippen LogP contribution in [0.3, 0.4) is 0 Å². The van der Waals surface area contributed by atoms with Crippen LogP contribution in [0.2, 0.25) is 0 Å². The first-order chi connectivity index (χ1) is 12.1. The van der Waals surface area contributed by atoms with Gasteiger partial charge in [0.2, 0.25) is 0 Å². The molecular formula is C18H19N3OS3. The summed E-state index contributed by atoms with van der Waals surface area (Å²) < 4.78 is 2.31. The molecule has 0 radical (unpaired) electrons. The highest BCUT2D eigenvalue weighted by Crippen LogP contribution is 2.44.